The van der Waals surface area contributed by atoms with E-state index in [0.717, 1.165) is 0 Å². The second-order valence-electron chi connectivity index (χ2n) is 3.53. The molecule has 1 saturated carbocycles. The maximum absolute atomic E-state index is 11.0. The van der Waals surface area contributed by atoms with E-state index in [2.05, 4.69) is 6.58 Å². The summed E-state index contributed by atoms with van der Waals surface area (Å²) in [6.07, 6.45) is 5.00. The smallest absolute Gasteiger partial charge is 0.333 e. The monoisotopic (exact) mass is 168 g/mol. The Balaban J connectivity index is 2.16. The van der Waals surface area contributed by atoms with Crippen LogP contribution in [0.4, 0.5) is 0 Å². The summed E-state index contributed by atoms with van der Waals surface area (Å²) in [5, 5.41) is 0. The molecule has 12 heavy (non-hydrogen) atoms. The minimum Gasteiger partial charge on any atom is -0.462 e. The summed E-state index contributed by atoms with van der Waals surface area (Å²) in [4.78, 5) is 11.0. The number of esters is 1. The van der Waals surface area contributed by atoms with Gasteiger partial charge >= 0.3 is 5.97 Å². The molecule has 0 bridgehead atoms. The molecule has 2 heteroatoms. The van der Waals surface area contributed by atoms with E-state index in [9.17, 15) is 4.79 Å². The van der Waals surface area contributed by atoms with E-state index in [1.165, 1.54) is 25.7 Å². The molecule has 0 aliphatic heterocycles. The van der Waals surface area contributed by atoms with Gasteiger partial charge in [0, 0.05) is 5.57 Å². The van der Waals surface area contributed by atoms with Crippen LogP contribution in [0.25, 0.3) is 0 Å². The SMILES string of the molecule is C=C(C)C(=O)OCC1CCCC1. The molecule has 2 nitrogen and oxygen atoms in total. The fourth-order valence-corrected chi connectivity index (χ4v) is 1.49. The first-order valence-corrected chi connectivity index (χ1v) is 4.53. The molecule has 0 atom stereocenters. The van der Waals surface area contributed by atoms with Gasteiger partial charge in [0.05, 0.1) is 6.61 Å². The van der Waals surface area contributed by atoms with Gasteiger partial charge in [-0.1, -0.05) is 19.4 Å². The molecule has 0 aromatic rings. The summed E-state index contributed by atoms with van der Waals surface area (Å²) in [5.41, 5.74) is 0.494. The van der Waals surface area contributed by atoms with E-state index in [1.54, 1.807) is 6.92 Å². The number of carbonyl (C=O) groups excluding carboxylic acids is 1. The number of ether oxygens (including phenoxy) is 1. The van der Waals surface area contributed by atoms with Crippen LogP contribution in [-0.2, 0) is 9.53 Å². The molecule has 0 saturated heterocycles. The summed E-state index contributed by atoms with van der Waals surface area (Å²) in [5.74, 6) is 0.357. The highest BCUT2D eigenvalue weighted by Crippen LogP contribution is 2.24. The maximum atomic E-state index is 11.0. The molecule has 1 aliphatic carbocycles. The standard InChI is InChI=1S/C10H16O2/c1-8(2)10(11)12-7-9-5-3-4-6-9/h9H,1,3-7H2,2H3. The fraction of sp³-hybridized carbons (Fsp3) is 0.700. The van der Waals surface area contributed by atoms with Crippen LogP contribution in [-0.4, -0.2) is 12.6 Å². The van der Waals surface area contributed by atoms with Crippen molar-refractivity contribution in [2.75, 3.05) is 6.61 Å². The Hall–Kier alpha value is -0.790. The summed E-state index contributed by atoms with van der Waals surface area (Å²) in [7, 11) is 0. The summed E-state index contributed by atoms with van der Waals surface area (Å²) in [6.45, 7) is 5.79. The third kappa shape index (κ3) is 2.68. The largest absolute Gasteiger partial charge is 0.462 e. The summed E-state index contributed by atoms with van der Waals surface area (Å²) in [6, 6.07) is 0. The van der Waals surface area contributed by atoms with Crippen molar-refractivity contribution < 1.29 is 9.53 Å². The lowest BCUT2D eigenvalue weighted by atomic mass is 10.1. The van der Waals surface area contributed by atoms with Crippen molar-refractivity contribution in [1.82, 2.24) is 0 Å². The van der Waals surface area contributed by atoms with Crippen LogP contribution in [0.3, 0.4) is 0 Å². The molecule has 0 unspecified atom stereocenters. The van der Waals surface area contributed by atoms with Crippen molar-refractivity contribution in [2.45, 2.75) is 32.6 Å². The van der Waals surface area contributed by atoms with E-state index in [0.29, 0.717) is 18.1 Å². The number of hydrogen-bond donors (Lipinski definition) is 0. The van der Waals surface area contributed by atoms with E-state index in [1.807, 2.05) is 0 Å². The third-order valence-corrected chi connectivity index (χ3v) is 2.27. The van der Waals surface area contributed by atoms with Crippen LogP contribution in [0.15, 0.2) is 12.2 Å². The highest BCUT2D eigenvalue weighted by Gasteiger charge is 2.16. The van der Waals surface area contributed by atoms with Crippen molar-refractivity contribution in [3.05, 3.63) is 12.2 Å². The lowest BCUT2D eigenvalue weighted by Gasteiger charge is -2.09. The Morgan fingerprint density at radius 1 is 1.50 bits per heavy atom. The topological polar surface area (TPSA) is 26.3 Å². The zero-order valence-electron chi connectivity index (χ0n) is 7.64. The summed E-state index contributed by atoms with van der Waals surface area (Å²) < 4.78 is 5.05. The second-order valence-corrected chi connectivity index (χ2v) is 3.53. The molecule has 1 rings (SSSR count). The molecule has 0 spiro atoms. The van der Waals surface area contributed by atoms with Gasteiger partial charge in [-0.15, -0.1) is 0 Å². The van der Waals surface area contributed by atoms with Crippen LogP contribution < -0.4 is 0 Å². The van der Waals surface area contributed by atoms with E-state index in [4.69, 9.17) is 4.74 Å². The molecule has 0 aromatic heterocycles. The van der Waals surface area contributed by atoms with Crippen LogP contribution in [0.2, 0.25) is 0 Å². The molecule has 0 aromatic carbocycles. The Bertz CT molecular complexity index is 178. The van der Waals surface area contributed by atoms with Crippen molar-refractivity contribution in [3.8, 4) is 0 Å². The molecule has 0 amide bonds. The molecule has 1 aliphatic rings. The maximum Gasteiger partial charge on any atom is 0.333 e. The van der Waals surface area contributed by atoms with Gasteiger partial charge < -0.3 is 4.74 Å². The van der Waals surface area contributed by atoms with Gasteiger partial charge in [-0.25, -0.2) is 4.79 Å². The Kier molecular flexibility index (Phi) is 3.32. The van der Waals surface area contributed by atoms with Gasteiger partial charge in [-0.05, 0) is 25.7 Å². The van der Waals surface area contributed by atoms with Crippen LogP contribution in [0, 0.1) is 5.92 Å². The average Bonchev–Trinajstić information content (AvgIpc) is 2.51. The van der Waals surface area contributed by atoms with Gasteiger partial charge in [0.25, 0.3) is 0 Å². The second kappa shape index (κ2) is 4.29. The highest BCUT2D eigenvalue weighted by atomic mass is 16.5. The predicted octanol–water partition coefficient (Wildman–Crippen LogP) is 2.30. The number of carbonyl (C=O) groups is 1. The highest BCUT2D eigenvalue weighted by molar-refractivity contribution is 5.86. The van der Waals surface area contributed by atoms with E-state index < -0.39 is 0 Å². The van der Waals surface area contributed by atoms with Crippen LogP contribution in [0.1, 0.15) is 32.6 Å². The minimum absolute atomic E-state index is 0.248. The normalized spacial score (nSPS) is 17.8. The average molecular weight is 168 g/mol. The summed E-state index contributed by atoms with van der Waals surface area (Å²) >= 11 is 0. The Morgan fingerprint density at radius 3 is 2.58 bits per heavy atom. The Morgan fingerprint density at radius 2 is 2.08 bits per heavy atom. The van der Waals surface area contributed by atoms with E-state index in [-0.39, 0.29) is 5.97 Å². The first kappa shape index (κ1) is 9.30. The molecular formula is C10H16O2. The fourth-order valence-electron chi connectivity index (χ4n) is 1.49. The lowest BCUT2D eigenvalue weighted by molar-refractivity contribution is -0.140. The zero-order valence-corrected chi connectivity index (χ0v) is 7.64. The van der Waals surface area contributed by atoms with Gasteiger partial charge in [-0.2, -0.15) is 0 Å². The third-order valence-electron chi connectivity index (χ3n) is 2.27. The quantitative estimate of drug-likeness (QED) is 0.477. The molecule has 1 fully saturated rings. The lowest BCUT2D eigenvalue weighted by Crippen LogP contribution is -2.11. The predicted molar refractivity (Wildman–Crippen MR) is 47.7 cm³/mol. The van der Waals surface area contributed by atoms with Crippen LogP contribution in [0.5, 0.6) is 0 Å². The molecule has 0 N–H and O–H groups in total. The van der Waals surface area contributed by atoms with Gasteiger partial charge in [0.2, 0.25) is 0 Å². The number of hydrogen-bond acceptors (Lipinski definition) is 2. The first-order chi connectivity index (χ1) is 5.70. The molecule has 0 heterocycles. The van der Waals surface area contributed by atoms with Crippen molar-refractivity contribution in [1.29, 1.82) is 0 Å². The Labute approximate surface area is 73.6 Å². The number of rotatable bonds is 3. The first-order valence-electron chi connectivity index (χ1n) is 4.53. The molecular weight excluding hydrogens is 152 g/mol. The van der Waals surface area contributed by atoms with Gasteiger partial charge in [0.15, 0.2) is 0 Å². The van der Waals surface area contributed by atoms with Gasteiger partial charge in [0.1, 0.15) is 0 Å². The van der Waals surface area contributed by atoms with Crippen LogP contribution >= 0.6 is 0 Å². The van der Waals surface area contributed by atoms with Crippen molar-refractivity contribution >= 4 is 5.97 Å². The van der Waals surface area contributed by atoms with Gasteiger partial charge in [-0.3, -0.25) is 0 Å². The zero-order chi connectivity index (χ0) is 8.97. The molecule has 0 radical (unpaired) electrons. The van der Waals surface area contributed by atoms with E-state index >= 15 is 0 Å². The minimum atomic E-state index is -0.248. The van der Waals surface area contributed by atoms with Crippen molar-refractivity contribution in [3.63, 3.8) is 0 Å². The molecule has 68 valence electrons. The van der Waals surface area contributed by atoms with Crippen molar-refractivity contribution in [2.24, 2.45) is 5.92 Å².